The molecule has 1 aliphatic heterocycles. The Labute approximate surface area is 257 Å². The number of rotatable bonds is 11. The Morgan fingerprint density at radius 1 is 1.00 bits per heavy atom. The molecular weight excluding hydrogens is 556 g/mol. The molecule has 0 aliphatic carbocycles. The van der Waals surface area contributed by atoms with Crippen LogP contribution in [0, 0.1) is 0 Å². The number of aromatic hydroxyl groups is 1. The maximum Gasteiger partial charge on any atom is 0.316 e. The van der Waals surface area contributed by atoms with Gasteiger partial charge in [0.15, 0.2) is 0 Å². The van der Waals surface area contributed by atoms with Crippen LogP contribution in [-0.2, 0) is 36.1 Å². The average molecular weight is 595 g/mol. The summed E-state index contributed by atoms with van der Waals surface area (Å²) >= 11 is 0. The third kappa shape index (κ3) is 7.09. The van der Waals surface area contributed by atoms with Gasteiger partial charge in [0.1, 0.15) is 18.0 Å². The first-order valence-electron chi connectivity index (χ1n) is 14.6. The first-order valence-corrected chi connectivity index (χ1v) is 14.6. The molecule has 4 N–H and O–H groups in total. The van der Waals surface area contributed by atoms with E-state index in [9.17, 15) is 19.5 Å². The number of hydrogen-bond donors (Lipinski definition) is 4. The van der Waals surface area contributed by atoms with Crippen LogP contribution in [0.5, 0.6) is 5.75 Å². The summed E-state index contributed by atoms with van der Waals surface area (Å²) in [4.78, 5) is 44.4. The fourth-order valence-corrected chi connectivity index (χ4v) is 5.69. The number of phenols is 1. The SMILES string of the molecule is C=CCNCC(=O)N1[C@@H](NC(=O)NCc2ccccc2)CN(Cc2cn(C)c3ccccc23)C(=O)[C@@H]1Cc1ccc(O)cc1. The summed E-state index contributed by atoms with van der Waals surface area (Å²) in [7, 11) is 1.97. The molecule has 3 aromatic carbocycles. The molecule has 1 saturated heterocycles. The van der Waals surface area contributed by atoms with Crippen LogP contribution >= 0.6 is 0 Å². The van der Waals surface area contributed by atoms with Crippen LogP contribution in [0.1, 0.15) is 16.7 Å². The summed E-state index contributed by atoms with van der Waals surface area (Å²) < 4.78 is 2.03. The number of para-hydroxylation sites is 1. The molecule has 10 heteroatoms. The molecule has 44 heavy (non-hydrogen) atoms. The van der Waals surface area contributed by atoms with Gasteiger partial charge in [0.2, 0.25) is 11.8 Å². The zero-order valence-electron chi connectivity index (χ0n) is 24.8. The Kier molecular flexibility index (Phi) is 9.61. The fourth-order valence-electron chi connectivity index (χ4n) is 5.69. The van der Waals surface area contributed by atoms with Crippen molar-refractivity contribution in [2.45, 2.75) is 31.7 Å². The van der Waals surface area contributed by atoms with E-state index in [2.05, 4.69) is 22.5 Å². The molecular formula is C34H38N6O4. The molecule has 1 fully saturated rings. The minimum atomic E-state index is -0.888. The summed E-state index contributed by atoms with van der Waals surface area (Å²) in [5.74, 6) is -0.425. The first-order chi connectivity index (χ1) is 21.3. The maximum absolute atomic E-state index is 14.2. The largest absolute Gasteiger partial charge is 0.508 e. The minimum Gasteiger partial charge on any atom is -0.508 e. The molecule has 2 atom stereocenters. The lowest BCUT2D eigenvalue weighted by molar-refractivity contribution is -0.156. The smallest absolute Gasteiger partial charge is 0.316 e. The Bertz CT molecular complexity index is 1620. The van der Waals surface area contributed by atoms with Crippen LogP contribution in [0.25, 0.3) is 10.9 Å². The average Bonchev–Trinajstić information content (AvgIpc) is 3.34. The zero-order chi connectivity index (χ0) is 31.1. The quantitative estimate of drug-likeness (QED) is 0.157. The van der Waals surface area contributed by atoms with Crippen LogP contribution in [0.15, 0.2) is 97.7 Å². The van der Waals surface area contributed by atoms with Gasteiger partial charge in [0.25, 0.3) is 0 Å². The number of amides is 4. The van der Waals surface area contributed by atoms with Crippen LogP contribution in [0.3, 0.4) is 0 Å². The molecule has 10 nitrogen and oxygen atoms in total. The molecule has 1 aliphatic rings. The number of aryl methyl sites for hydroxylation is 1. The van der Waals surface area contributed by atoms with Crippen molar-refractivity contribution < 1.29 is 19.5 Å². The van der Waals surface area contributed by atoms with Crippen LogP contribution in [0.2, 0.25) is 0 Å². The highest BCUT2D eigenvalue weighted by Gasteiger charge is 2.43. The number of phenolic OH excluding ortho intramolecular Hbond substituents is 1. The van der Waals surface area contributed by atoms with Gasteiger partial charge in [-0.3, -0.25) is 9.59 Å². The van der Waals surface area contributed by atoms with E-state index in [0.717, 1.165) is 27.6 Å². The van der Waals surface area contributed by atoms with Gasteiger partial charge in [-0.2, -0.15) is 0 Å². The monoisotopic (exact) mass is 594 g/mol. The summed E-state index contributed by atoms with van der Waals surface area (Å²) in [6.45, 7) is 4.82. The second kappa shape index (κ2) is 13.9. The number of aromatic nitrogens is 1. The number of nitrogens with one attached hydrogen (secondary N) is 3. The van der Waals surface area contributed by atoms with Crippen molar-refractivity contribution in [3.05, 3.63) is 114 Å². The molecule has 1 aromatic heterocycles. The molecule has 4 amide bonds. The topological polar surface area (TPSA) is 119 Å². The van der Waals surface area contributed by atoms with E-state index in [0.29, 0.717) is 19.6 Å². The highest BCUT2D eigenvalue weighted by atomic mass is 16.3. The number of carbonyl (C=O) groups excluding carboxylic acids is 3. The molecule has 4 aromatic rings. The lowest BCUT2D eigenvalue weighted by Crippen LogP contribution is -2.69. The van der Waals surface area contributed by atoms with Crippen LogP contribution in [-0.4, -0.2) is 69.2 Å². The van der Waals surface area contributed by atoms with E-state index in [1.54, 1.807) is 35.2 Å². The zero-order valence-corrected chi connectivity index (χ0v) is 24.8. The molecule has 0 unspecified atom stereocenters. The van der Waals surface area contributed by atoms with Gasteiger partial charge in [-0.15, -0.1) is 6.58 Å². The van der Waals surface area contributed by atoms with Gasteiger partial charge >= 0.3 is 6.03 Å². The second-order valence-electron chi connectivity index (χ2n) is 10.9. The molecule has 228 valence electrons. The summed E-state index contributed by atoms with van der Waals surface area (Å²) in [5, 5.41) is 19.8. The Hall–Kier alpha value is -5.09. The maximum atomic E-state index is 14.2. The molecule has 0 spiro atoms. The van der Waals surface area contributed by atoms with Gasteiger partial charge in [-0.25, -0.2) is 4.79 Å². The van der Waals surface area contributed by atoms with Crippen molar-refractivity contribution >= 4 is 28.7 Å². The normalized spacial score (nSPS) is 16.6. The van der Waals surface area contributed by atoms with Crippen molar-refractivity contribution in [3.8, 4) is 5.75 Å². The number of piperazine rings is 1. The van der Waals surface area contributed by atoms with Crippen molar-refractivity contribution in [2.24, 2.45) is 7.05 Å². The lowest BCUT2D eigenvalue weighted by atomic mass is 9.99. The van der Waals surface area contributed by atoms with E-state index >= 15 is 0 Å². The van der Waals surface area contributed by atoms with Gasteiger partial charge in [0, 0.05) is 50.2 Å². The van der Waals surface area contributed by atoms with Crippen molar-refractivity contribution in [3.63, 3.8) is 0 Å². The number of nitrogens with zero attached hydrogens (tertiary/aromatic N) is 3. The van der Waals surface area contributed by atoms with E-state index in [1.807, 2.05) is 72.4 Å². The van der Waals surface area contributed by atoms with Gasteiger partial charge in [-0.1, -0.05) is 66.7 Å². The number of hydrogen-bond acceptors (Lipinski definition) is 5. The second-order valence-corrected chi connectivity index (χ2v) is 10.9. The van der Waals surface area contributed by atoms with Crippen molar-refractivity contribution in [2.75, 3.05) is 19.6 Å². The molecule has 2 heterocycles. The Balaban J connectivity index is 1.46. The number of fused-ring (bicyclic) bond motifs is 1. The highest BCUT2D eigenvalue weighted by molar-refractivity contribution is 5.91. The van der Waals surface area contributed by atoms with Crippen LogP contribution < -0.4 is 16.0 Å². The third-order valence-corrected chi connectivity index (χ3v) is 7.81. The Morgan fingerprint density at radius 3 is 2.48 bits per heavy atom. The summed E-state index contributed by atoms with van der Waals surface area (Å²) in [6.07, 6.45) is 3.08. The molecule has 0 saturated carbocycles. The predicted molar refractivity (Wildman–Crippen MR) is 169 cm³/mol. The van der Waals surface area contributed by atoms with Gasteiger partial charge in [-0.05, 0) is 34.9 Å². The van der Waals surface area contributed by atoms with E-state index < -0.39 is 18.2 Å². The molecule has 0 bridgehead atoms. The molecule has 5 rings (SSSR count). The summed E-state index contributed by atoms with van der Waals surface area (Å²) in [5.41, 5.74) is 3.73. The van der Waals surface area contributed by atoms with Crippen LogP contribution in [0.4, 0.5) is 4.79 Å². The standard InChI is InChI=1S/C34H38N6O4/c1-3-17-35-20-32(42)40-30(18-24-13-15-27(41)16-14-24)33(43)39(22-26-21-38(2)29-12-8-7-11-28(26)29)23-31(40)37-34(44)36-19-25-9-5-4-6-10-25/h3-16,21,30-31,35,41H,1,17-20,22-23H2,2H3,(H2,36,37,44)/t30-,31+/m0/s1. The molecule has 0 radical (unpaired) electrons. The fraction of sp³-hybridized carbons (Fsp3) is 0.265. The predicted octanol–water partition coefficient (Wildman–Crippen LogP) is 3.27. The van der Waals surface area contributed by atoms with Gasteiger partial charge < -0.3 is 35.4 Å². The number of urea groups is 1. The van der Waals surface area contributed by atoms with E-state index in [4.69, 9.17) is 0 Å². The third-order valence-electron chi connectivity index (χ3n) is 7.81. The minimum absolute atomic E-state index is 0.0293. The summed E-state index contributed by atoms with van der Waals surface area (Å²) in [6, 6.07) is 22.8. The number of benzene rings is 3. The Morgan fingerprint density at radius 2 is 1.73 bits per heavy atom. The van der Waals surface area contributed by atoms with Crippen molar-refractivity contribution in [1.29, 1.82) is 0 Å². The van der Waals surface area contributed by atoms with E-state index in [1.165, 1.54) is 4.90 Å². The first kappa shape index (κ1) is 30.4. The van der Waals surface area contributed by atoms with E-state index in [-0.39, 0.29) is 37.1 Å². The lowest BCUT2D eigenvalue weighted by Gasteiger charge is -2.46. The number of carbonyl (C=O) groups is 3. The highest BCUT2D eigenvalue weighted by Crippen LogP contribution is 2.26. The van der Waals surface area contributed by atoms with Gasteiger partial charge in [0.05, 0.1) is 13.1 Å². The van der Waals surface area contributed by atoms with Crippen molar-refractivity contribution in [1.82, 2.24) is 30.3 Å².